The predicted molar refractivity (Wildman–Crippen MR) is 75.3 cm³/mol. The van der Waals surface area contributed by atoms with Crippen molar-refractivity contribution in [1.29, 1.82) is 5.26 Å². The number of amides is 2. The molecule has 1 aliphatic heterocycles. The summed E-state index contributed by atoms with van der Waals surface area (Å²) in [6.07, 6.45) is 0. The first-order chi connectivity index (χ1) is 9.93. The first-order valence-corrected chi connectivity index (χ1v) is 7.12. The molecule has 1 saturated heterocycles. The number of hydrogen-bond donors (Lipinski definition) is 2. The third-order valence-electron chi connectivity index (χ3n) is 3.08. The molecule has 1 fully saturated rings. The molecular formula is C13H12FN3O3S. The maximum atomic E-state index is 13.7. The molecule has 1 heterocycles. The van der Waals surface area contributed by atoms with Crippen LogP contribution in [0, 0.1) is 17.1 Å². The topological polar surface area (TPSA) is 93.4 Å². The third kappa shape index (κ3) is 3.08. The normalized spacial score (nSPS) is 20.9. The van der Waals surface area contributed by atoms with Crippen molar-refractivity contribution in [2.24, 2.45) is 0 Å². The number of nitrogens with one attached hydrogen (secondary N) is 1. The number of aliphatic carboxylic acids is 1. The quantitative estimate of drug-likeness (QED) is 0.872. The summed E-state index contributed by atoms with van der Waals surface area (Å²) in [7, 11) is 0. The number of thioether (sulfide) groups is 1. The van der Waals surface area contributed by atoms with Crippen LogP contribution in [-0.2, 0) is 4.79 Å². The predicted octanol–water partition coefficient (Wildman–Crippen LogP) is 2.08. The van der Waals surface area contributed by atoms with Gasteiger partial charge in [0, 0.05) is 5.75 Å². The molecule has 1 aromatic carbocycles. The van der Waals surface area contributed by atoms with Crippen molar-refractivity contribution in [3.8, 4) is 6.07 Å². The molecule has 0 radical (unpaired) electrons. The second-order valence-corrected chi connectivity index (χ2v) is 5.78. The molecule has 8 heteroatoms. The zero-order valence-electron chi connectivity index (χ0n) is 11.0. The highest BCUT2D eigenvalue weighted by atomic mass is 32.2. The number of halogens is 1. The minimum Gasteiger partial charge on any atom is -0.480 e. The number of hydrogen-bond acceptors (Lipinski definition) is 4. The molecule has 21 heavy (non-hydrogen) atoms. The van der Waals surface area contributed by atoms with Gasteiger partial charge >= 0.3 is 12.0 Å². The molecule has 2 amide bonds. The summed E-state index contributed by atoms with van der Waals surface area (Å²) in [5.41, 5.74) is 0.0475. The fourth-order valence-electron chi connectivity index (χ4n) is 2.01. The van der Waals surface area contributed by atoms with E-state index < -0.39 is 23.9 Å². The molecular weight excluding hydrogens is 297 g/mol. The summed E-state index contributed by atoms with van der Waals surface area (Å²) >= 11 is 1.34. The third-order valence-corrected chi connectivity index (χ3v) is 4.30. The minimum absolute atomic E-state index is 0.0905. The van der Waals surface area contributed by atoms with Crippen molar-refractivity contribution < 1.29 is 19.1 Å². The van der Waals surface area contributed by atoms with E-state index in [2.05, 4.69) is 5.32 Å². The van der Waals surface area contributed by atoms with Gasteiger partial charge in [-0.3, -0.25) is 4.90 Å². The Morgan fingerprint density at radius 1 is 1.57 bits per heavy atom. The summed E-state index contributed by atoms with van der Waals surface area (Å²) in [6, 6.07) is 3.82. The zero-order chi connectivity index (χ0) is 15.6. The molecule has 0 bridgehead atoms. The number of carbonyl (C=O) groups excluding carboxylic acids is 1. The van der Waals surface area contributed by atoms with Crippen molar-refractivity contribution in [3.63, 3.8) is 0 Å². The smallest absolute Gasteiger partial charge is 0.327 e. The zero-order valence-corrected chi connectivity index (χ0v) is 11.9. The SMILES string of the molecule is CC1SCC(C(=O)O)N1C(=O)Nc1ccc(C#N)cc1F. The van der Waals surface area contributed by atoms with E-state index in [1.807, 2.05) is 0 Å². The van der Waals surface area contributed by atoms with Gasteiger partial charge in [-0.15, -0.1) is 11.8 Å². The number of rotatable bonds is 2. The molecule has 0 spiro atoms. The second kappa shape index (κ2) is 6.01. The highest BCUT2D eigenvalue weighted by Gasteiger charge is 2.39. The fraction of sp³-hybridized carbons (Fsp3) is 0.308. The van der Waals surface area contributed by atoms with E-state index in [1.54, 1.807) is 13.0 Å². The van der Waals surface area contributed by atoms with Gasteiger partial charge in [0.15, 0.2) is 0 Å². The minimum atomic E-state index is -1.10. The molecule has 1 aliphatic rings. The molecule has 1 aromatic rings. The Morgan fingerprint density at radius 3 is 2.86 bits per heavy atom. The highest BCUT2D eigenvalue weighted by molar-refractivity contribution is 8.00. The van der Waals surface area contributed by atoms with Crippen LogP contribution in [0.15, 0.2) is 18.2 Å². The number of benzene rings is 1. The van der Waals surface area contributed by atoms with E-state index in [0.717, 1.165) is 6.07 Å². The van der Waals surface area contributed by atoms with Gasteiger partial charge in [0.25, 0.3) is 0 Å². The largest absolute Gasteiger partial charge is 0.480 e. The number of anilines is 1. The first kappa shape index (κ1) is 15.1. The Hall–Kier alpha value is -2.27. The van der Waals surface area contributed by atoms with Crippen molar-refractivity contribution in [1.82, 2.24) is 4.90 Å². The van der Waals surface area contributed by atoms with Crippen LogP contribution < -0.4 is 5.32 Å². The monoisotopic (exact) mass is 309 g/mol. The average Bonchev–Trinajstić information content (AvgIpc) is 2.83. The van der Waals surface area contributed by atoms with Gasteiger partial charge in [0.1, 0.15) is 11.9 Å². The fourth-order valence-corrected chi connectivity index (χ4v) is 3.17. The van der Waals surface area contributed by atoms with E-state index in [4.69, 9.17) is 10.4 Å². The Kier molecular flexibility index (Phi) is 4.33. The van der Waals surface area contributed by atoms with Crippen molar-refractivity contribution >= 4 is 29.4 Å². The molecule has 110 valence electrons. The summed E-state index contributed by atoms with van der Waals surface area (Å²) in [5.74, 6) is -1.55. The molecule has 2 N–H and O–H groups in total. The maximum Gasteiger partial charge on any atom is 0.327 e. The molecule has 2 rings (SSSR count). The van der Waals surface area contributed by atoms with Gasteiger partial charge < -0.3 is 10.4 Å². The molecule has 0 aliphatic carbocycles. The second-order valence-electron chi connectivity index (χ2n) is 4.43. The van der Waals surface area contributed by atoms with Gasteiger partial charge in [-0.05, 0) is 25.1 Å². The lowest BCUT2D eigenvalue weighted by Crippen LogP contribution is -2.46. The van der Waals surface area contributed by atoms with E-state index in [1.165, 1.54) is 28.8 Å². The molecule has 0 saturated carbocycles. The van der Waals surface area contributed by atoms with Crippen LogP contribution in [0.5, 0.6) is 0 Å². The van der Waals surface area contributed by atoms with Gasteiger partial charge in [-0.2, -0.15) is 5.26 Å². The number of urea groups is 1. The molecule has 0 aromatic heterocycles. The molecule has 2 unspecified atom stereocenters. The standard InChI is InChI=1S/C13H12FN3O3S/c1-7-17(11(6-21-7)12(18)19)13(20)16-10-3-2-8(5-15)4-9(10)14/h2-4,7,11H,6H2,1H3,(H,16,20)(H,18,19). The number of carboxylic acid groups (broad SMARTS) is 1. The summed E-state index contributed by atoms with van der Waals surface area (Å²) in [6.45, 7) is 1.71. The molecule has 2 atom stereocenters. The van der Waals surface area contributed by atoms with E-state index in [0.29, 0.717) is 5.75 Å². The highest BCUT2D eigenvalue weighted by Crippen LogP contribution is 2.29. The van der Waals surface area contributed by atoms with Gasteiger partial charge in [-0.1, -0.05) is 0 Å². The molecule has 6 nitrogen and oxygen atoms in total. The maximum absolute atomic E-state index is 13.7. The van der Waals surface area contributed by atoms with Crippen LogP contribution in [0.1, 0.15) is 12.5 Å². The Bertz CT molecular complexity index is 632. The van der Waals surface area contributed by atoms with E-state index in [-0.39, 0.29) is 16.6 Å². The summed E-state index contributed by atoms with van der Waals surface area (Å²) in [4.78, 5) is 24.4. The Morgan fingerprint density at radius 2 is 2.29 bits per heavy atom. The van der Waals surface area contributed by atoms with Crippen LogP contribution >= 0.6 is 11.8 Å². The Labute approximate surface area is 124 Å². The lowest BCUT2D eigenvalue weighted by molar-refractivity contribution is -0.141. The van der Waals surface area contributed by atoms with Crippen molar-refractivity contribution in [3.05, 3.63) is 29.6 Å². The number of nitrogens with zero attached hydrogens (tertiary/aromatic N) is 2. The average molecular weight is 309 g/mol. The van der Waals surface area contributed by atoms with Crippen LogP contribution in [0.3, 0.4) is 0 Å². The van der Waals surface area contributed by atoms with E-state index in [9.17, 15) is 14.0 Å². The van der Waals surface area contributed by atoms with Crippen molar-refractivity contribution in [2.45, 2.75) is 18.3 Å². The van der Waals surface area contributed by atoms with Crippen LogP contribution in [0.2, 0.25) is 0 Å². The Balaban J connectivity index is 2.17. The van der Waals surface area contributed by atoms with Crippen molar-refractivity contribution in [2.75, 3.05) is 11.1 Å². The number of carboxylic acids is 1. The van der Waals surface area contributed by atoms with Crippen LogP contribution in [-0.4, -0.2) is 39.2 Å². The van der Waals surface area contributed by atoms with E-state index >= 15 is 0 Å². The van der Waals surface area contributed by atoms with Gasteiger partial charge in [-0.25, -0.2) is 14.0 Å². The number of carbonyl (C=O) groups is 2. The lowest BCUT2D eigenvalue weighted by atomic mass is 10.2. The first-order valence-electron chi connectivity index (χ1n) is 6.07. The lowest BCUT2D eigenvalue weighted by Gasteiger charge is -2.25. The van der Waals surface area contributed by atoms with Gasteiger partial charge in [0.2, 0.25) is 0 Å². The number of nitriles is 1. The van der Waals surface area contributed by atoms with Crippen LogP contribution in [0.25, 0.3) is 0 Å². The van der Waals surface area contributed by atoms with Crippen LogP contribution in [0.4, 0.5) is 14.9 Å². The summed E-state index contributed by atoms with van der Waals surface area (Å²) in [5, 5.41) is 19.8. The van der Waals surface area contributed by atoms with Gasteiger partial charge in [0.05, 0.1) is 22.7 Å². The summed E-state index contributed by atoms with van der Waals surface area (Å²) < 4.78 is 13.7.